The Labute approximate surface area is 197 Å². The Morgan fingerprint density at radius 3 is 2.48 bits per heavy atom. The van der Waals surface area contributed by atoms with E-state index in [4.69, 9.17) is 11.6 Å². The predicted octanol–water partition coefficient (Wildman–Crippen LogP) is 6.01. The van der Waals surface area contributed by atoms with Crippen molar-refractivity contribution >= 4 is 29.0 Å². The van der Waals surface area contributed by atoms with E-state index in [0.29, 0.717) is 24.1 Å². The molecule has 0 saturated heterocycles. The third kappa shape index (κ3) is 5.18. The van der Waals surface area contributed by atoms with Crippen molar-refractivity contribution < 1.29 is 9.72 Å². The zero-order valence-electron chi connectivity index (χ0n) is 18.6. The number of halogens is 1. The second-order valence-corrected chi connectivity index (χ2v) is 8.12. The molecule has 1 atom stereocenters. The topological polar surface area (TPSA) is 109 Å². The Morgan fingerprint density at radius 2 is 1.88 bits per heavy atom. The minimum atomic E-state index is -0.581. The Kier molecular flexibility index (Phi) is 7.41. The minimum Gasteiger partial charge on any atom is -0.305 e. The van der Waals surface area contributed by atoms with E-state index in [1.54, 1.807) is 13.0 Å². The monoisotopic (exact) mass is 462 g/mol. The first-order chi connectivity index (χ1) is 15.8. The van der Waals surface area contributed by atoms with Crippen LogP contribution in [0.4, 0.5) is 11.5 Å². The fraction of sp³-hybridized carbons (Fsp3) is 0.240. The molecule has 2 aromatic carbocycles. The summed E-state index contributed by atoms with van der Waals surface area (Å²) in [4.78, 5) is 28.1. The molecule has 3 aromatic rings. The van der Waals surface area contributed by atoms with Gasteiger partial charge in [-0.15, -0.1) is 0 Å². The average Bonchev–Trinajstić information content (AvgIpc) is 2.81. The molecule has 7 nitrogen and oxygen atoms in total. The lowest BCUT2D eigenvalue weighted by Gasteiger charge is -2.16. The maximum absolute atomic E-state index is 13.0. The van der Waals surface area contributed by atoms with Crippen LogP contribution >= 0.6 is 11.6 Å². The highest BCUT2D eigenvalue weighted by atomic mass is 35.5. The van der Waals surface area contributed by atoms with E-state index in [1.807, 2.05) is 49.4 Å². The van der Waals surface area contributed by atoms with Crippen molar-refractivity contribution in [3.05, 3.63) is 86.1 Å². The molecule has 1 heterocycles. The smallest absolute Gasteiger partial charge is 0.305 e. The predicted molar refractivity (Wildman–Crippen MR) is 128 cm³/mol. The van der Waals surface area contributed by atoms with Gasteiger partial charge < -0.3 is 5.32 Å². The van der Waals surface area contributed by atoms with E-state index in [-0.39, 0.29) is 28.0 Å². The number of hydrogen-bond acceptors (Lipinski definition) is 5. The number of carbonyl (C=O) groups excluding carboxylic acids is 1. The SMILES string of the molecule is CCC(Cc1ccc(-c2ccccc2C#N)cc1)C(=O)Nc1nc(C)c(Cl)c(C)c1[N+](=O)[O-]. The first-order valence-electron chi connectivity index (χ1n) is 10.5. The van der Waals surface area contributed by atoms with Crippen molar-refractivity contribution in [1.29, 1.82) is 5.26 Å². The van der Waals surface area contributed by atoms with Gasteiger partial charge in [0.15, 0.2) is 0 Å². The standard InChI is InChI=1S/C25H23ClN4O3/c1-4-18(25(31)29-24-23(30(32)33)15(2)22(26)16(3)28-24)13-17-9-11-19(12-10-17)21-8-6-5-7-20(21)14-27/h5-12,18H,4,13H2,1-3H3,(H,28,29,31). The molecule has 1 aromatic heterocycles. The van der Waals surface area contributed by atoms with E-state index in [2.05, 4.69) is 16.4 Å². The minimum absolute atomic E-state index is 0.0914. The fourth-order valence-corrected chi connectivity index (χ4v) is 3.84. The van der Waals surface area contributed by atoms with Gasteiger partial charge in [0.25, 0.3) is 0 Å². The second kappa shape index (κ2) is 10.2. The molecule has 3 rings (SSSR count). The lowest BCUT2D eigenvalue weighted by molar-refractivity contribution is -0.384. The van der Waals surface area contributed by atoms with Crippen LogP contribution in [0.3, 0.4) is 0 Å². The summed E-state index contributed by atoms with van der Waals surface area (Å²) in [7, 11) is 0. The molecule has 1 unspecified atom stereocenters. The number of nitriles is 1. The van der Waals surface area contributed by atoms with Gasteiger partial charge in [0.1, 0.15) is 0 Å². The van der Waals surface area contributed by atoms with Crippen LogP contribution in [0.25, 0.3) is 11.1 Å². The number of pyridine rings is 1. The summed E-state index contributed by atoms with van der Waals surface area (Å²) in [5.74, 6) is -0.834. The zero-order valence-corrected chi connectivity index (χ0v) is 19.3. The van der Waals surface area contributed by atoms with Crippen molar-refractivity contribution in [2.75, 3.05) is 5.32 Å². The summed E-state index contributed by atoms with van der Waals surface area (Å²) in [5.41, 5.74) is 3.69. The van der Waals surface area contributed by atoms with Crippen LogP contribution in [0.5, 0.6) is 0 Å². The number of carbonyl (C=O) groups is 1. The third-order valence-corrected chi connectivity index (χ3v) is 6.15. The third-order valence-electron chi connectivity index (χ3n) is 5.59. The first kappa shape index (κ1) is 23.9. The quantitative estimate of drug-likeness (QED) is 0.341. The molecule has 0 radical (unpaired) electrons. The molecular formula is C25H23ClN4O3. The highest BCUT2D eigenvalue weighted by molar-refractivity contribution is 6.32. The molecule has 168 valence electrons. The number of aromatic nitrogens is 1. The fourth-order valence-electron chi connectivity index (χ4n) is 3.71. The van der Waals surface area contributed by atoms with Crippen molar-refractivity contribution in [1.82, 2.24) is 4.98 Å². The Bertz CT molecular complexity index is 1250. The Balaban J connectivity index is 1.80. The molecule has 33 heavy (non-hydrogen) atoms. The number of nitro groups is 1. The van der Waals surface area contributed by atoms with E-state index >= 15 is 0 Å². The van der Waals surface area contributed by atoms with Crippen LogP contribution < -0.4 is 5.32 Å². The van der Waals surface area contributed by atoms with Gasteiger partial charge in [-0.3, -0.25) is 14.9 Å². The van der Waals surface area contributed by atoms with Crippen LogP contribution in [0.15, 0.2) is 48.5 Å². The van der Waals surface area contributed by atoms with Gasteiger partial charge in [0.05, 0.1) is 32.8 Å². The number of anilines is 1. The number of amides is 1. The maximum Gasteiger partial charge on any atom is 0.316 e. The normalized spacial score (nSPS) is 11.5. The summed E-state index contributed by atoms with van der Waals surface area (Å²) >= 11 is 6.11. The molecule has 8 heteroatoms. The molecule has 0 fully saturated rings. The molecule has 0 aliphatic carbocycles. The Hall–Kier alpha value is -3.76. The number of benzene rings is 2. The summed E-state index contributed by atoms with van der Waals surface area (Å²) in [6.45, 7) is 5.06. The van der Waals surface area contributed by atoms with Crippen LogP contribution in [-0.4, -0.2) is 15.8 Å². The van der Waals surface area contributed by atoms with Gasteiger partial charge in [0, 0.05) is 5.92 Å². The van der Waals surface area contributed by atoms with Crippen molar-refractivity contribution in [3.8, 4) is 17.2 Å². The highest BCUT2D eigenvalue weighted by Crippen LogP contribution is 2.34. The van der Waals surface area contributed by atoms with Gasteiger partial charge in [-0.25, -0.2) is 4.98 Å². The maximum atomic E-state index is 13.0. The number of hydrogen-bond donors (Lipinski definition) is 1. The highest BCUT2D eigenvalue weighted by Gasteiger charge is 2.27. The molecule has 0 saturated carbocycles. The van der Waals surface area contributed by atoms with Gasteiger partial charge in [0.2, 0.25) is 11.7 Å². The number of rotatable bonds is 7. The van der Waals surface area contributed by atoms with Gasteiger partial charge in [-0.05, 0) is 49.4 Å². The molecule has 0 bridgehead atoms. The van der Waals surface area contributed by atoms with Crippen LogP contribution in [-0.2, 0) is 11.2 Å². The van der Waals surface area contributed by atoms with Crippen molar-refractivity contribution in [3.63, 3.8) is 0 Å². The lowest BCUT2D eigenvalue weighted by Crippen LogP contribution is -2.25. The van der Waals surface area contributed by atoms with Crippen molar-refractivity contribution in [2.45, 2.75) is 33.6 Å². The van der Waals surface area contributed by atoms with Gasteiger partial charge in [-0.2, -0.15) is 5.26 Å². The molecule has 0 spiro atoms. The van der Waals surface area contributed by atoms with Gasteiger partial charge >= 0.3 is 5.69 Å². The summed E-state index contributed by atoms with van der Waals surface area (Å²) in [5, 5.41) is 23.7. The first-order valence-corrected chi connectivity index (χ1v) is 10.8. The van der Waals surface area contributed by atoms with E-state index < -0.39 is 10.8 Å². The largest absolute Gasteiger partial charge is 0.316 e. The van der Waals surface area contributed by atoms with Crippen molar-refractivity contribution in [2.24, 2.45) is 5.92 Å². The van der Waals surface area contributed by atoms with E-state index in [0.717, 1.165) is 16.7 Å². The zero-order chi connectivity index (χ0) is 24.1. The summed E-state index contributed by atoms with van der Waals surface area (Å²) in [6.07, 6.45) is 1.01. The Morgan fingerprint density at radius 1 is 1.21 bits per heavy atom. The number of aryl methyl sites for hydroxylation is 1. The number of nitrogens with zero attached hydrogens (tertiary/aromatic N) is 3. The molecule has 1 N–H and O–H groups in total. The number of nitrogens with one attached hydrogen (secondary N) is 1. The van der Waals surface area contributed by atoms with E-state index in [9.17, 15) is 20.2 Å². The molecule has 0 aliphatic heterocycles. The second-order valence-electron chi connectivity index (χ2n) is 7.74. The summed E-state index contributed by atoms with van der Waals surface area (Å²) in [6, 6.07) is 17.3. The van der Waals surface area contributed by atoms with Crippen LogP contribution in [0.1, 0.15) is 35.7 Å². The molecule has 1 amide bonds. The average molecular weight is 463 g/mol. The van der Waals surface area contributed by atoms with Crippen LogP contribution in [0.2, 0.25) is 5.02 Å². The molecular weight excluding hydrogens is 440 g/mol. The van der Waals surface area contributed by atoms with Crippen LogP contribution in [0, 0.1) is 41.2 Å². The summed E-state index contributed by atoms with van der Waals surface area (Å²) < 4.78 is 0. The lowest BCUT2D eigenvalue weighted by atomic mass is 9.93. The van der Waals surface area contributed by atoms with E-state index in [1.165, 1.54) is 6.92 Å². The molecule has 0 aliphatic rings. The van der Waals surface area contributed by atoms with Gasteiger partial charge in [-0.1, -0.05) is 61.0 Å².